The van der Waals surface area contributed by atoms with Gasteiger partial charge in [-0.25, -0.2) is 13.8 Å². The van der Waals surface area contributed by atoms with Crippen LogP contribution in [0.4, 0.5) is 8.78 Å². The molecule has 0 saturated heterocycles. The fourth-order valence-corrected chi connectivity index (χ4v) is 1.96. The van der Waals surface area contributed by atoms with Crippen LogP contribution in [0.1, 0.15) is 24.6 Å². The third-order valence-electron chi connectivity index (χ3n) is 2.50. The van der Waals surface area contributed by atoms with E-state index in [0.29, 0.717) is 17.6 Å². The third-order valence-corrected chi connectivity index (χ3v) is 2.69. The first-order chi connectivity index (χ1) is 7.54. The Hall–Kier alpha value is -1.23. The smallest absolute Gasteiger partial charge is 0.264 e. The van der Waals surface area contributed by atoms with E-state index in [2.05, 4.69) is 10.1 Å². The Morgan fingerprint density at radius 1 is 1.50 bits per heavy atom. The van der Waals surface area contributed by atoms with Crippen LogP contribution in [0.25, 0.3) is 11.0 Å². The number of nitrogens with zero attached hydrogens (tertiary/aromatic N) is 3. The van der Waals surface area contributed by atoms with E-state index in [1.54, 1.807) is 11.6 Å². The van der Waals surface area contributed by atoms with E-state index in [-0.39, 0.29) is 16.4 Å². The first-order valence-electron chi connectivity index (χ1n) is 4.86. The quantitative estimate of drug-likeness (QED) is 0.760. The molecule has 0 aliphatic heterocycles. The molecule has 0 N–H and O–H groups in total. The van der Waals surface area contributed by atoms with Gasteiger partial charge in [-0.3, -0.25) is 4.68 Å². The molecular formula is C10H10ClF2N3. The van der Waals surface area contributed by atoms with E-state index in [4.69, 9.17) is 11.6 Å². The minimum Gasteiger partial charge on any atom is -0.267 e. The second kappa shape index (κ2) is 3.97. The molecule has 0 saturated carbocycles. The van der Waals surface area contributed by atoms with Crippen molar-refractivity contribution in [2.24, 2.45) is 0 Å². The maximum atomic E-state index is 12.8. The van der Waals surface area contributed by atoms with Crippen LogP contribution in [-0.2, 0) is 6.54 Å². The predicted molar refractivity (Wildman–Crippen MR) is 57.9 cm³/mol. The van der Waals surface area contributed by atoms with Gasteiger partial charge in [0.25, 0.3) is 6.43 Å². The van der Waals surface area contributed by atoms with Gasteiger partial charge in [-0.1, -0.05) is 11.6 Å². The second-order valence-electron chi connectivity index (χ2n) is 3.43. The van der Waals surface area contributed by atoms with Crippen molar-refractivity contribution in [1.82, 2.24) is 14.8 Å². The predicted octanol–water partition coefficient (Wildman–Crippen LogP) is 3.35. The molecule has 0 atom stereocenters. The number of fused-ring (bicyclic) bond motifs is 1. The van der Waals surface area contributed by atoms with Gasteiger partial charge in [0.15, 0.2) is 5.65 Å². The summed E-state index contributed by atoms with van der Waals surface area (Å²) in [4.78, 5) is 3.95. The molecule has 0 radical (unpaired) electrons. The van der Waals surface area contributed by atoms with Crippen LogP contribution in [-0.4, -0.2) is 14.8 Å². The lowest BCUT2D eigenvalue weighted by molar-refractivity contribution is 0.153. The van der Waals surface area contributed by atoms with Crippen LogP contribution in [0.15, 0.2) is 6.07 Å². The SMILES string of the molecule is CCn1nc2nc(Cl)cc(C(F)F)c2c1C. The minimum absolute atomic E-state index is 0.0450. The maximum absolute atomic E-state index is 12.8. The van der Waals surface area contributed by atoms with Crippen molar-refractivity contribution in [3.05, 3.63) is 22.5 Å². The fraction of sp³-hybridized carbons (Fsp3) is 0.400. The lowest BCUT2D eigenvalue weighted by Crippen LogP contribution is -1.98. The van der Waals surface area contributed by atoms with Crippen molar-refractivity contribution in [1.29, 1.82) is 0 Å². The summed E-state index contributed by atoms with van der Waals surface area (Å²) >= 11 is 5.68. The van der Waals surface area contributed by atoms with E-state index >= 15 is 0 Å². The van der Waals surface area contributed by atoms with Crippen LogP contribution in [0.3, 0.4) is 0 Å². The summed E-state index contributed by atoms with van der Waals surface area (Å²) in [6.07, 6.45) is -2.57. The lowest BCUT2D eigenvalue weighted by atomic mass is 10.1. The Balaban J connectivity index is 2.83. The molecule has 2 heterocycles. The highest BCUT2D eigenvalue weighted by molar-refractivity contribution is 6.29. The van der Waals surface area contributed by atoms with Crippen molar-refractivity contribution < 1.29 is 8.78 Å². The lowest BCUT2D eigenvalue weighted by Gasteiger charge is -2.03. The second-order valence-corrected chi connectivity index (χ2v) is 3.82. The van der Waals surface area contributed by atoms with Crippen LogP contribution >= 0.6 is 11.6 Å². The highest BCUT2D eigenvalue weighted by atomic mass is 35.5. The molecule has 16 heavy (non-hydrogen) atoms. The van der Waals surface area contributed by atoms with Gasteiger partial charge >= 0.3 is 0 Å². The van der Waals surface area contributed by atoms with Crippen molar-refractivity contribution in [3.8, 4) is 0 Å². The van der Waals surface area contributed by atoms with E-state index in [1.165, 1.54) is 6.07 Å². The average molecular weight is 246 g/mol. The standard InChI is InChI=1S/C10H10ClF2N3/c1-3-16-5(2)8-6(9(12)13)4-7(11)14-10(8)15-16/h4,9H,3H2,1-2H3. The molecule has 0 aromatic carbocycles. The van der Waals surface area contributed by atoms with Crippen molar-refractivity contribution in [2.45, 2.75) is 26.8 Å². The zero-order chi connectivity index (χ0) is 11.9. The molecule has 3 nitrogen and oxygen atoms in total. The Labute approximate surface area is 96.0 Å². The first-order valence-corrected chi connectivity index (χ1v) is 5.24. The van der Waals surface area contributed by atoms with Gasteiger partial charge in [-0.2, -0.15) is 5.10 Å². The molecule has 0 spiro atoms. The number of rotatable bonds is 2. The van der Waals surface area contributed by atoms with Crippen LogP contribution < -0.4 is 0 Å². The van der Waals surface area contributed by atoms with E-state index < -0.39 is 6.43 Å². The van der Waals surface area contributed by atoms with Gasteiger partial charge in [0.1, 0.15) is 5.15 Å². The molecule has 0 fully saturated rings. The monoisotopic (exact) mass is 245 g/mol. The summed E-state index contributed by atoms with van der Waals surface area (Å²) in [7, 11) is 0. The van der Waals surface area contributed by atoms with Gasteiger partial charge in [0.05, 0.1) is 5.39 Å². The Kier molecular flexibility index (Phi) is 2.80. The fourth-order valence-electron chi connectivity index (χ4n) is 1.76. The highest BCUT2D eigenvalue weighted by Crippen LogP contribution is 2.30. The van der Waals surface area contributed by atoms with Gasteiger partial charge in [0, 0.05) is 17.8 Å². The van der Waals surface area contributed by atoms with Crippen LogP contribution in [0.5, 0.6) is 0 Å². The zero-order valence-electron chi connectivity index (χ0n) is 8.84. The number of hydrogen-bond donors (Lipinski definition) is 0. The molecule has 2 aromatic rings. The third kappa shape index (κ3) is 1.65. The topological polar surface area (TPSA) is 30.7 Å². The van der Waals surface area contributed by atoms with E-state index in [1.807, 2.05) is 6.92 Å². The molecule has 2 aromatic heterocycles. The van der Waals surface area contributed by atoms with E-state index in [9.17, 15) is 8.78 Å². The summed E-state index contributed by atoms with van der Waals surface area (Å²) in [6, 6.07) is 1.20. The Morgan fingerprint density at radius 3 is 2.75 bits per heavy atom. The molecule has 0 unspecified atom stereocenters. The molecule has 6 heteroatoms. The highest BCUT2D eigenvalue weighted by Gasteiger charge is 2.19. The molecule has 2 rings (SSSR count). The van der Waals surface area contributed by atoms with Crippen LogP contribution in [0, 0.1) is 6.92 Å². The summed E-state index contributed by atoms with van der Waals surface area (Å²) in [5.74, 6) is 0. The van der Waals surface area contributed by atoms with Crippen molar-refractivity contribution in [2.75, 3.05) is 0 Å². The molecule has 86 valence electrons. The van der Waals surface area contributed by atoms with Gasteiger partial charge in [-0.05, 0) is 19.9 Å². The Bertz CT molecular complexity index is 536. The largest absolute Gasteiger partial charge is 0.267 e. The molecule has 0 bridgehead atoms. The van der Waals surface area contributed by atoms with E-state index in [0.717, 1.165) is 0 Å². The number of hydrogen-bond acceptors (Lipinski definition) is 2. The van der Waals surface area contributed by atoms with Crippen molar-refractivity contribution in [3.63, 3.8) is 0 Å². The molecular weight excluding hydrogens is 236 g/mol. The van der Waals surface area contributed by atoms with Gasteiger partial charge in [-0.15, -0.1) is 0 Å². The summed E-state index contributed by atoms with van der Waals surface area (Å²) < 4.78 is 27.3. The summed E-state index contributed by atoms with van der Waals surface area (Å²) in [5.41, 5.74) is 0.867. The van der Waals surface area contributed by atoms with Gasteiger partial charge in [0.2, 0.25) is 0 Å². The minimum atomic E-state index is -2.57. The number of alkyl halides is 2. The number of aryl methyl sites for hydroxylation is 2. The van der Waals surface area contributed by atoms with Gasteiger partial charge < -0.3 is 0 Å². The first kappa shape index (κ1) is 11.3. The zero-order valence-corrected chi connectivity index (χ0v) is 9.59. The molecule has 0 aliphatic rings. The normalized spacial score (nSPS) is 11.6. The molecule has 0 aliphatic carbocycles. The average Bonchev–Trinajstić information content (AvgIpc) is 2.54. The Morgan fingerprint density at radius 2 is 2.19 bits per heavy atom. The molecule has 0 amide bonds. The number of halogens is 3. The maximum Gasteiger partial charge on any atom is 0.264 e. The van der Waals surface area contributed by atoms with Crippen LogP contribution in [0.2, 0.25) is 5.15 Å². The summed E-state index contributed by atoms with van der Waals surface area (Å²) in [5, 5.41) is 4.57. The number of aromatic nitrogens is 3. The summed E-state index contributed by atoms with van der Waals surface area (Å²) in [6.45, 7) is 4.26. The number of pyridine rings is 1. The van der Waals surface area contributed by atoms with Crippen molar-refractivity contribution >= 4 is 22.6 Å².